The van der Waals surface area contributed by atoms with Gasteiger partial charge in [-0.25, -0.2) is 4.79 Å². The van der Waals surface area contributed by atoms with Crippen LogP contribution in [0.25, 0.3) is 0 Å². The molecule has 0 fully saturated rings. The fourth-order valence-electron chi connectivity index (χ4n) is 2.86. The summed E-state index contributed by atoms with van der Waals surface area (Å²) in [5.74, 6) is -0.832. The second-order valence-corrected chi connectivity index (χ2v) is 6.26. The lowest BCUT2D eigenvalue weighted by Crippen LogP contribution is -2.38. The van der Waals surface area contributed by atoms with Gasteiger partial charge in [0.25, 0.3) is 5.56 Å². The normalized spacial score (nSPS) is 10.4. The van der Waals surface area contributed by atoms with E-state index < -0.39 is 17.0 Å². The van der Waals surface area contributed by atoms with E-state index in [1.807, 2.05) is 12.1 Å². The molecule has 0 bridgehead atoms. The van der Waals surface area contributed by atoms with E-state index in [0.29, 0.717) is 11.1 Å². The Morgan fingerprint density at radius 2 is 1.92 bits per heavy atom. The molecule has 7 nitrogen and oxygen atoms in total. The molecule has 2 rings (SSSR count). The quantitative estimate of drug-likeness (QED) is 0.827. The third kappa shape index (κ3) is 3.62. The fourth-order valence-corrected chi connectivity index (χ4v) is 2.86. The topological polar surface area (TPSA) is 120 Å². The molecule has 0 spiro atoms. The Kier molecular flexibility index (Phi) is 5.54. The highest BCUT2D eigenvalue weighted by Gasteiger charge is 2.24. The summed E-state index contributed by atoms with van der Waals surface area (Å²) < 4.78 is 1.14. The molecule has 7 heteroatoms. The van der Waals surface area contributed by atoms with E-state index >= 15 is 0 Å². The second-order valence-electron chi connectivity index (χ2n) is 6.26. The first-order valence-corrected chi connectivity index (χ1v) is 8.10. The summed E-state index contributed by atoms with van der Waals surface area (Å²) in [5.41, 5.74) is 0.0653. The molecule has 1 aromatic carbocycles. The molecular formula is C19H18N4O3. The molecule has 0 atom stereocenters. The van der Waals surface area contributed by atoms with Crippen LogP contribution in [0.4, 0.5) is 0 Å². The monoisotopic (exact) mass is 350 g/mol. The standard InChI is InChI=1S/C19H18N4O3/c1-11(2)15-16(23(6-4-5-20)19(26)22-18(15)25)17(24)14-8-12(3)7-13(9-14)10-21/h7-9,11H,4,6H2,1-3H3,(H,22,25,26). The minimum absolute atomic E-state index is 0.0101. The predicted molar refractivity (Wildman–Crippen MR) is 95.0 cm³/mol. The summed E-state index contributed by atoms with van der Waals surface area (Å²) in [7, 11) is 0. The number of nitrogens with zero attached hydrogens (tertiary/aromatic N) is 3. The van der Waals surface area contributed by atoms with Crippen LogP contribution in [0, 0.1) is 29.6 Å². The Morgan fingerprint density at radius 3 is 2.50 bits per heavy atom. The highest BCUT2D eigenvalue weighted by molar-refractivity contribution is 6.09. The maximum absolute atomic E-state index is 13.2. The number of carbonyl (C=O) groups is 1. The van der Waals surface area contributed by atoms with Gasteiger partial charge in [-0.1, -0.05) is 13.8 Å². The third-order valence-electron chi connectivity index (χ3n) is 3.94. The van der Waals surface area contributed by atoms with E-state index in [-0.39, 0.29) is 35.7 Å². The maximum atomic E-state index is 13.2. The largest absolute Gasteiger partial charge is 0.328 e. The van der Waals surface area contributed by atoms with Crippen LogP contribution in [0.5, 0.6) is 0 Å². The van der Waals surface area contributed by atoms with Crippen LogP contribution in [0.2, 0.25) is 0 Å². The molecule has 0 amide bonds. The molecule has 0 unspecified atom stereocenters. The molecule has 1 heterocycles. The van der Waals surface area contributed by atoms with Gasteiger partial charge < -0.3 is 0 Å². The summed E-state index contributed by atoms with van der Waals surface area (Å²) >= 11 is 0. The van der Waals surface area contributed by atoms with Crippen molar-refractivity contribution in [2.45, 2.75) is 39.7 Å². The molecule has 0 saturated heterocycles. The predicted octanol–water partition coefficient (Wildman–Crippen LogP) is 1.98. The van der Waals surface area contributed by atoms with Gasteiger partial charge in [-0.3, -0.25) is 19.1 Å². The number of rotatable bonds is 5. The van der Waals surface area contributed by atoms with Gasteiger partial charge in [-0.05, 0) is 36.6 Å². The van der Waals surface area contributed by atoms with Gasteiger partial charge in [-0.15, -0.1) is 0 Å². The Bertz CT molecular complexity index is 1060. The van der Waals surface area contributed by atoms with Gasteiger partial charge in [0, 0.05) is 17.7 Å². The molecule has 0 saturated carbocycles. The first-order valence-electron chi connectivity index (χ1n) is 8.10. The van der Waals surface area contributed by atoms with Crippen LogP contribution >= 0.6 is 0 Å². The van der Waals surface area contributed by atoms with Crippen LogP contribution in [-0.4, -0.2) is 15.3 Å². The van der Waals surface area contributed by atoms with Crippen molar-refractivity contribution < 1.29 is 4.79 Å². The number of nitrogens with one attached hydrogen (secondary N) is 1. The Hall–Kier alpha value is -3.45. The SMILES string of the molecule is Cc1cc(C#N)cc(C(=O)c2c(C(C)C)c(=O)[nH]c(=O)n2CCC#N)c1. The summed E-state index contributed by atoms with van der Waals surface area (Å²) in [4.78, 5) is 40.0. The number of aromatic amines is 1. The van der Waals surface area contributed by atoms with Gasteiger partial charge in [0.15, 0.2) is 0 Å². The number of benzene rings is 1. The average molecular weight is 350 g/mol. The molecular weight excluding hydrogens is 332 g/mol. The molecule has 26 heavy (non-hydrogen) atoms. The number of nitriles is 2. The van der Waals surface area contributed by atoms with Crippen LogP contribution in [0.1, 0.15) is 58.9 Å². The van der Waals surface area contributed by atoms with Crippen molar-refractivity contribution in [1.29, 1.82) is 10.5 Å². The van der Waals surface area contributed by atoms with Crippen molar-refractivity contribution >= 4 is 5.78 Å². The first kappa shape index (κ1) is 18.9. The zero-order chi connectivity index (χ0) is 19.4. The number of hydrogen-bond acceptors (Lipinski definition) is 5. The van der Waals surface area contributed by atoms with Crippen LogP contribution in [0.15, 0.2) is 27.8 Å². The lowest BCUT2D eigenvalue weighted by Gasteiger charge is -2.17. The number of ketones is 1. The van der Waals surface area contributed by atoms with Gasteiger partial charge in [0.05, 0.1) is 24.1 Å². The lowest BCUT2D eigenvalue weighted by atomic mass is 9.95. The molecule has 1 aromatic heterocycles. The Balaban J connectivity index is 2.82. The molecule has 1 N–H and O–H groups in total. The van der Waals surface area contributed by atoms with Crippen molar-refractivity contribution in [1.82, 2.24) is 9.55 Å². The fraction of sp³-hybridized carbons (Fsp3) is 0.316. The summed E-state index contributed by atoms with van der Waals surface area (Å²) in [6, 6.07) is 8.60. The Morgan fingerprint density at radius 1 is 1.23 bits per heavy atom. The minimum Gasteiger partial charge on any atom is -0.289 e. The summed E-state index contributed by atoms with van der Waals surface area (Å²) in [6.45, 7) is 5.24. The first-order chi connectivity index (χ1) is 12.3. The van der Waals surface area contributed by atoms with Gasteiger partial charge in [0.1, 0.15) is 5.69 Å². The highest BCUT2D eigenvalue weighted by atomic mass is 16.2. The number of carbonyl (C=O) groups excluding carboxylic acids is 1. The van der Waals surface area contributed by atoms with Crippen LogP contribution < -0.4 is 11.2 Å². The molecule has 0 radical (unpaired) electrons. The average Bonchev–Trinajstić information content (AvgIpc) is 2.58. The maximum Gasteiger partial charge on any atom is 0.328 e. The van der Waals surface area contributed by atoms with Gasteiger partial charge in [-0.2, -0.15) is 10.5 Å². The zero-order valence-electron chi connectivity index (χ0n) is 14.8. The van der Waals surface area contributed by atoms with Gasteiger partial charge in [0.2, 0.25) is 5.78 Å². The van der Waals surface area contributed by atoms with E-state index in [2.05, 4.69) is 4.98 Å². The number of hydrogen-bond donors (Lipinski definition) is 1. The van der Waals surface area contributed by atoms with E-state index in [9.17, 15) is 14.4 Å². The molecule has 2 aromatic rings. The summed E-state index contributed by atoms with van der Waals surface area (Å²) in [6.07, 6.45) is 0.0149. The number of aryl methyl sites for hydroxylation is 1. The van der Waals surface area contributed by atoms with Crippen molar-refractivity contribution in [2.24, 2.45) is 0 Å². The van der Waals surface area contributed by atoms with Gasteiger partial charge >= 0.3 is 5.69 Å². The second kappa shape index (κ2) is 7.62. The smallest absolute Gasteiger partial charge is 0.289 e. The van der Waals surface area contributed by atoms with E-state index in [1.165, 1.54) is 6.07 Å². The van der Waals surface area contributed by atoms with Crippen molar-refractivity contribution in [3.05, 3.63) is 67.0 Å². The zero-order valence-corrected chi connectivity index (χ0v) is 14.8. The molecule has 0 aliphatic carbocycles. The summed E-state index contributed by atoms with van der Waals surface area (Å²) in [5, 5.41) is 18.0. The molecule has 132 valence electrons. The number of H-pyrrole nitrogens is 1. The van der Waals surface area contributed by atoms with E-state index in [0.717, 1.165) is 4.57 Å². The number of aromatic nitrogens is 2. The lowest BCUT2D eigenvalue weighted by molar-refractivity contribution is 0.102. The molecule has 0 aliphatic rings. The van der Waals surface area contributed by atoms with Crippen molar-refractivity contribution in [3.8, 4) is 12.1 Å². The third-order valence-corrected chi connectivity index (χ3v) is 3.94. The van der Waals surface area contributed by atoms with Crippen molar-refractivity contribution in [3.63, 3.8) is 0 Å². The Labute approximate surface area is 150 Å². The molecule has 0 aliphatic heterocycles. The van der Waals surface area contributed by atoms with E-state index in [4.69, 9.17) is 10.5 Å². The van der Waals surface area contributed by atoms with E-state index in [1.54, 1.807) is 32.9 Å². The van der Waals surface area contributed by atoms with Crippen molar-refractivity contribution in [2.75, 3.05) is 0 Å². The van der Waals surface area contributed by atoms with Crippen LogP contribution in [-0.2, 0) is 6.54 Å². The highest BCUT2D eigenvalue weighted by Crippen LogP contribution is 2.20. The minimum atomic E-state index is -0.730. The van der Waals surface area contributed by atoms with Crippen LogP contribution in [0.3, 0.4) is 0 Å².